The van der Waals surface area contributed by atoms with Crippen molar-refractivity contribution in [3.05, 3.63) is 46.2 Å². The summed E-state index contributed by atoms with van der Waals surface area (Å²) in [5, 5.41) is 9.73. The van der Waals surface area contributed by atoms with E-state index < -0.39 is 0 Å². The number of hydrogen-bond donors (Lipinski definition) is 2. The van der Waals surface area contributed by atoms with E-state index in [2.05, 4.69) is 36.4 Å². The molecule has 1 atom stereocenters. The summed E-state index contributed by atoms with van der Waals surface area (Å²) in [6.45, 7) is 2.66. The van der Waals surface area contributed by atoms with Crippen LogP contribution >= 0.6 is 15.9 Å². The van der Waals surface area contributed by atoms with Crippen LogP contribution in [0.4, 0.5) is 4.39 Å². The van der Waals surface area contributed by atoms with Crippen LogP contribution in [0.1, 0.15) is 24.4 Å². The zero-order chi connectivity index (χ0) is 12.3. The van der Waals surface area contributed by atoms with Gasteiger partial charge in [-0.25, -0.2) is 9.37 Å². The van der Waals surface area contributed by atoms with Crippen LogP contribution in [0.5, 0.6) is 0 Å². The third-order valence-corrected chi connectivity index (χ3v) is 3.02. The Bertz CT molecular complexity index is 486. The standard InChI is InChI=1S/C11H12BrFN4/c1-2-14-10(11-15-6-16-17-11)7-4-3-5-8(12)9(7)13/h3-6,10,14H,2H2,1H3,(H,15,16,17). The highest BCUT2D eigenvalue weighted by atomic mass is 79.9. The van der Waals surface area contributed by atoms with Gasteiger partial charge in [0.15, 0.2) is 0 Å². The molecule has 0 aliphatic carbocycles. The molecule has 90 valence electrons. The Morgan fingerprint density at radius 1 is 1.53 bits per heavy atom. The average molecular weight is 299 g/mol. The van der Waals surface area contributed by atoms with Crippen molar-refractivity contribution in [1.82, 2.24) is 20.5 Å². The second-order valence-corrected chi connectivity index (χ2v) is 4.36. The van der Waals surface area contributed by atoms with Crippen molar-refractivity contribution >= 4 is 15.9 Å². The summed E-state index contributed by atoms with van der Waals surface area (Å²) in [5.74, 6) is 0.318. The molecule has 0 fully saturated rings. The van der Waals surface area contributed by atoms with E-state index in [1.807, 2.05) is 6.92 Å². The first kappa shape index (κ1) is 12.2. The number of benzene rings is 1. The molecule has 0 aliphatic rings. The van der Waals surface area contributed by atoms with Crippen LogP contribution in [-0.4, -0.2) is 21.7 Å². The molecule has 0 spiro atoms. The lowest BCUT2D eigenvalue weighted by atomic mass is 10.1. The van der Waals surface area contributed by atoms with Crippen LogP contribution < -0.4 is 5.32 Å². The van der Waals surface area contributed by atoms with E-state index in [1.54, 1.807) is 18.2 Å². The quantitative estimate of drug-likeness (QED) is 0.911. The molecule has 0 amide bonds. The van der Waals surface area contributed by atoms with Crippen LogP contribution in [0, 0.1) is 5.82 Å². The lowest BCUT2D eigenvalue weighted by Crippen LogP contribution is -2.24. The zero-order valence-corrected chi connectivity index (χ0v) is 10.8. The lowest BCUT2D eigenvalue weighted by Gasteiger charge is -2.16. The van der Waals surface area contributed by atoms with E-state index in [1.165, 1.54) is 6.33 Å². The summed E-state index contributed by atoms with van der Waals surface area (Å²) in [6, 6.07) is 4.88. The third-order valence-electron chi connectivity index (χ3n) is 2.41. The first-order valence-electron chi connectivity index (χ1n) is 5.26. The number of aromatic nitrogens is 3. The van der Waals surface area contributed by atoms with Gasteiger partial charge in [-0.1, -0.05) is 19.1 Å². The molecule has 6 heteroatoms. The Morgan fingerprint density at radius 3 is 3.00 bits per heavy atom. The van der Waals surface area contributed by atoms with Crippen LogP contribution in [0.3, 0.4) is 0 Å². The molecular weight excluding hydrogens is 287 g/mol. The van der Waals surface area contributed by atoms with Crippen molar-refractivity contribution in [2.24, 2.45) is 0 Å². The molecule has 17 heavy (non-hydrogen) atoms. The smallest absolute Gasteiger partial charge is 0.146 e. The highest BCUT2D eigenvalue weighted by molar-refractivity contribution is 9.10. The maximum absolute atomic E-state index is 14.0. The zero-order valence-electron chi connectivity index (χ0n) is 9.24. The Hall–Kier alpha value is -1.27. The van der Waals surface area contributed by atoms with Gasteiger partial charge < -0.3 is 5.32 Å². The van der Waals surface area contributed by atoms with Crippen molar-refractivity contribution in [1.29, 1.82) is 0 Å². The second kappa shape index (κ2) is 5.37. The molecule has 1 aromatic heterocycles. The average Bonchev–Trinajstić information content (AvgIpc) is 2.84. The fourth-order valence-corrected chi connectivity index (χ4v) is 2.04. The third kappa shape index (κ3) is 2.53. The van der Waals surface area contributed by atoms with E-state index in [9.17, 15) is 4.39 Å². The maximum Gasteiger partial charge on any atom is 0.146 e. The summed E-state index contributed by atoms with van der Waals surface area (Å²) >= 11 is 3.18. The number of nitrogens with zero attached hydrogens (tertiary/aromatic N) is 2. The van der Waals surface area contributed by atoms with E-state index in [4.69, 9.17) is 0 Å². The van der Waals surface area contributed by atoms with Gasteiger partial charge in [0.25, 0.3) is 0 Å². The first-order chi connectivity index (χ1) is 8.24. The van der Waals surface area contributed by atoms with Gasteiger partial charge in [-0.2, -0.15) is 5.10 Å². The van der Waals surface area contributed by atoms with E-state index in [-0.39, 0.29) is 11.9 Å². The molecule has 0 bridgehead atoms. The number of aromatic amines is 1. The van der Waals surface area contributed by atoms with Gasteiger partial charge in [-0.05, 0) is 28.5 Å². The van der Waals surface area contributed by atoms with Gasteiger partial charge >= 0.3 is 0 Å². The van der Waals surface area contributed by atoms with Crippen molar-refractivity contribution in [2.75, 3.05) is 6.54 Å². The Morgan fingerprint density at radius 2 is 2.35 bits per heavy atom. The van der Waals surface area contributed by atoms with Gasteiger partial charge in [-0.15, -0.1) is 0 Å². The predicted octanol–water partition coefficient (Wildman–Crippen LogP) is 2.41. The van der Waals surface area contributed by atoms with E-state index in [0.29, 0.717) is 22.4 Å². The molecule has 2 aromatic rings. The molecule has 4 nitrogen and oxygen atoms in total. The molecule has 0 saturated carbocycles. The molecule has 2 N–H and O–H groups in total. The van der Waals surface area contributed by atoms with Gasteiger partial charge in [0.1, 0.15) is 18.0 Å². The molecule has 0 radical (unpaired) electrons. The van der Waals surface area contributed by atoms with Crippen LogP contribution in [0.25, 0.3) is 0 Å². The minimum absolute atomic E-state index is 0.283. The van der Waals surface area contributed by atoms with Crippen molar-refractivity contribution < 1.29 is 4.39 Å². The second-order valence-electron chi connectivity index (χ2n) is 3.50. The number of halogens is 2. The number of rotatable bonds is 4. The van der Waals surface area contributed by atoms with Gasteiger partial charge in [0.05, 0.1) is 10.5 Å². The highest BCUT2D eigenvalue weighted by Crippen LogP contribution is 2.26. The highest BCUT2D eigenvalue weighted by Gasteiger charge is 2.20. The topological polar surface area (TPSA) is 53.6 Å². The SMILES string of the molecule is CCNC(c1ncn[nH]1)c1cccc(Br)c1F. The van der Waals surface area contributed by atoms with Crippen LogP contribution in [0.15, 0.2) is 29.0 Å². The van der Waals surface area contributed by atoms with Crippen molar-refractivity contribution in [3.8, 4) is 0 Å². The lowest BCUT2D eigenvalue weighted by molar-refractivity contribution is 0.540. The summed E-state index contributed by atoms with van der Waals surface area (Å²) in [4.78, 5) is 4.07. The number of hydrogen-bond acceptors (Lipinski definition) is 3. The van der Waals surface area contributed by atoms with Gasteiger partial charge in [0.2, 0.25) is 0 Å². The molecule has 1 unspecified atom stereocenters. The van der Waals surface area contributed by atoms with Crippen LogP contribution in [-0.2, 0) is 0 Å². The minimum atomic E-state index is -0.319. The Balaban J connectivity index is 2.43. The van der Waals surface area contributed by atoms with Crippen LogP contribution in [0.2, 0.25) is 0 Å². The molecule has 1 heterocycles. The molecule has 1 aromatic carbocycles. The summed E-state index contributed by atoms with van der Waals surface area (Å²) in [5.41, 5.74) is 0.540. The monoisotopic (exact) mass is 298 g/mol. The predicted molar refractivity (Wildman–Crippen MR) is 66.0 cm³/mol. The summed E-state index contributed by atoms with van der Waals surface area (Å²) < 4.78 is 14.5. The normalized spacial score (nSPS) is 12.6. The number of nitrogens with one attached hydrogen (secondary N) is 2. The van der Waals surface area contributed by atoms with Crippen molar-refractivity contribution in [3.63, 3.8) is 0 Å². The molecule has 2 rings (SSSR count). The molecule has 0 saturated heterocycles. The first-order valence-corrected chi connectivity index (χ1v) is 6.06. The summed E-state index contributed by atoms with van der Waals surface area (Å²) in [7, 11) is 0. The summed E-state index contributed by atoms with van der Waals surface area (Å²) in [6.07, 6.45) is 1.41. The Labute approximate surface area is 107 Å². The van der Waals surface area contributed by atoms with E-state index >= 15 is 0 Å². The fourth-order valence-electron chi connectivity index (χ4n) is 1.66. The van der Waals surface area contributed by atoms with E-state index in [0.717, 1.165) is 0 Å². The van der Waals surface area contributed by atoms with Gasteiger partial charge in [-0.3, -0.25) is 5.10 Å². The Kier molecular flexibility index (Phi) is 3.86. The largest absolute Gasteiger partial charge is 0.304 e. The minimum Gasteiger partial charge on any atom is -0.304 e. The maximum atomic E-state index is 14.0. The fraction of sp³-hybridized carbons (Fsp3) is 0.273. The molecule has 0 aliphatic heterocycles. The van der Waals surface area contributed by atoms with Gasteiger partial charge in [0, 0.05) is 5.56 Å². The van der Waals surface area contributed by atoms with Crippen molar-refractivity contribution in [2.45, 2.75) is 13.0 Å². The number of H-pyrrole nitrogens is 1. The molecular formula is C11H12BrFN4.